The zero-order valence-corrected chi connectivity index (χ0v) is 19.0. The van der Waals surface area contributed by atoms with E-state index in [9.17, 15) is 19.5 Å². The Morgan fingerprint density at radius 3 is 2.29 bits per heavy atom. The summed E-state index contributed by atoms with van der Waals surface area (Å²) in [5.41, 5.74) is 3.80. The van der Waals surface area contributed by atoms with Crippen molar-refractivity contribution in [2.45, 2.75) is 37.3 Å². The molecular weight excluding hydrogens is 436 g/mol. The molecule has 178 valence electrons. The molecule has 2 aromatic rings. The van der Waals surface area contributed by atoms with Gasteiger partial charge in [-0.1, -0.05) is 48.5 Å². The molecule has 0 aliphatic heterocycles. The average molecular weight is 465 g/mol. The number of amides is 2. The van der Waals surface area contributed by atoms with Crippen molar-refractivity contribution in [3.05, 3.63) is 59.7 Å². The van der Waals surface area contributed by atoms with Gasteiger partial charge in [-0.05, 0) is 47.4 Å². The molecule has 8 heteroatoms. The van der Waals surface area contributed by atoms with E-state index in [1.807, 2.05) is 36.4 Å². The molecule has 0 radical (unpaired) electrons. The van der Waals surface area contributed by atoms with Crippen molar-refractivity contribution < 1.29 is 29.0 Å². The normalized spacial score (nSPS) is 25.0. The van der Waals surface area contributed by atoms with Crippen molar-refractivity contribution >= 4 is 18.0 Å². The number of rotatable bonds is 8. The third-order valence-electron chi connectivity index (χ3n) is 7.47. The van der Waals surface area contributed by atoms with Crippen LogP contribution in [0.4, 0.5) is 4.79 Å². The molecule has 3 aliphatic rings. The first-order valence-corrected chi connectivity index (χ1v) is 11.6. The van der Waals surface area contributed by atoms with Crippen molar-refractivity contribution in [3.8, 4) is 11.1 Å². The molecule has 8 nitrogen and oxygen atoms in total. The van der Waals surface area contributed by atoms with Gasteiger partial charge in [0.1, 0.15) is 12.6 Å². The summed E-state index contributed by atoms with van der Waals surface area (Å²) in [5, 5.41) is 14.9. The van der Waals surface area contributed by atoms with E-state index in [0.29, 0.717) is 19.3 Å². The number of nitrogens with one attached hydrogen (secondary N) is 2. The number of hydrogen-bond acceptors (Lipinski definition) is 5. The van der Waals surface area contributed by atoms with E-state index in [1.54, 1.807) is 0 Å². The molecule has 0 heterocycles. The van der Waals surface area contributed by atoms with Crippen LogP contribution in [0.2, 0.25) is 0 Å². The van der Waals surface area contributed by atoms with Gasteiger partial charge < -0.3 is 25.2 Å². The first-order valence-electron chi connectivity index (χ1n) is 11.6. The smallest absolute Gasteiger partial charge is 0.407 e. The lowest BCUT2D eigenvalue weighted by Gasteiger charge is -2.22. The highest BCUT2D eigenvalue weighted by Gasteiger charge is 2.65. The van der Waals surface area contributed by atoms with Crippen molar-refractivity contribution in [3.63, 3.8) is 0 Å². The molecule has 0 spiro atoms. The van der Waals surface area contributed by atoms with Gasteiger partial charge in [0.25, 0.3) is 0 Å². The maximum Gasteiger partial charge on any atom is 0.407 e. The minimum atomic E-state index is -0.932. The Balaban J connectivity index is 1.19. The van der Waals surface area contributed by atoms with Crippen LogP contribution in [0.1, 0.15) is 36.3 Å². The molecule has 2 amide bonds. The van der Waals surface area contributed by atoms with Crippen LogP contribution in [0.3, 0.4) is 0 Å². The molecule has 0 saturated heterocycles. The SMILES string of the molecule is COCC(NC(=O)OCC1c2ccccc2-c2ccccc21)C(=O)NC1CC2CC2(C(=O)O)C1. The van der Waals surface area contributed by atoms with Crippen molar-refractivity contribution in [1.29, 1.82) is 0 Å². The third-order valence-corrected chi connectivity index (χ3v) is 7.47. The quantitative estimate of drug-likeness (QED) is 0.554. The van der Waals surface area contributed by atoms with E-state index in [0.717, 1.165) is 22.3 Å². The van der Waals surface area contributed by atoms with E-state index in [4.69, 9.17) is 9.47 Å². The van der Waals surface area contributed by atoms with Crippen LogP contribution in [0.25, 0.3) is 11.1 Å². The molecule has 2 aromatic carbocycles. The molecule has 4 unspecified atom stereocenters. The number of carbonyl (C=O) groups excluding carboxylic acids is 2. The summed E-state index contributed by atoms with van der Waals surface area (Å²) in [7, 11) is 1.45. The molecule has 0 bridgehead atoms. The Morgan fingerprint density at radius 2 is 1.71 bits per heavy atom. The predicted molar refractivity (Wildman–Crippen MR) is 123 cm³/mol. The molecule has 4 atom stereocenters. The lowest BCUT2D eigenvalue weighted by molar-refractivity contribution is -0.143. The van der Waals surface area contributed by atoms with Gasteiger partial charge >= 0.3 is 12.1 Å². The number of fused-ring (bicyclic) bond motifs is 4. The van der Waals surface area contributed by atoms with Gasteiger partial charge in [0, 0.05) is 19.1 Å². The van der Waals surface area contributed by atoms with Gasteiger partial charge in [0.05, 0.1) is 12.0 Å². The minimum Gasteiger partial charge on any atom is -0.481 e. The molecular formula is C26H28N2O6. The van der Waals surface area contributed by atoms with Crippen molar-refractivity contribution in [2.24, 2.45) is 11.3 Å². The molecule has 0 aromatic heterocycles. The van der Waals surface area contributed by atoms with Crippen LogP contribution in [-0.4, -0.2) is 55.5 Å². The predicted octanol–water partition coefficient (Wildman–Crippen LogP) is 2.91. The number of benzene rings is 2. The van der Waals surface area contributed by atoms with Crippen LogP contribution in [0, 0.1) is 11.3 Å². The topological polar surface area (TPSA) is 114 Å². The highest BCUT2D eigenvalue weighted by atomic mass is 16.5. The second kappa shape index (κ2) is 8.76. The fourth-order valence-electron chi connectivity index (χ4n) is 5.70. The first kappa shape index (κ1) is 22.4. The van der Waals surface area contributed by atoms with Gasteiger partial charge in [-0.15, -0.1) is 0 Å². The van der Waals surface area contributed by atoms with Crippen LogP contribution >= 0.6 is 0 Å². The molecule has 3 N–H and O–H groups in total. The van der Waals surface area contributed by atoms with Crippen molar-refractivity contribution in [1.82, 2.24) is 10.6 Å². The zero-order chi connectivity index (χ0) is 23.9. The first-order chi connectivity index (χ1) is 16.4. The zero-order valence-electron chi connectivity index (χ0n) is 19.0. The van der Waals surface area contributed by atoms with Crippen molar-refractivity contribution in [2.75, 3.05) is 20.3 Å². The van der Waals surface area contributed by atoms with Gasteiger partial charge in [0.2, 0.25) is 5.91 Å². The Hall–Kier alpha value is -3.39. The molecule has 2 fully saturated rings. The minimum absolute atomic E-state index is 0.0176. The number of carboxylic acid groups (broad SMARTS) is 1. The summed E-state index contributed by atoms with van der Waals surface area (Å²) in [6, 6.07) is 15.0. The Labute approximate surface area is 197 Å². The second-order valence-corrected chi connectivity index (χ2v) is 9.49. The number of alkyl carbamates (subject to hydrolysis) is 1. The molecule has 2 saturated carbocycles. The molecule has 3 aliphatic carbocycles. The summed E-state index contributed by atoms with van der Waals surface area (Å²) in [4.78, 5) is 36.9. The number of ether oxygens (including phenoxy) is 2. The number of methoxy groups -OCH3 is 1. The van der Waals surface area contributed by atoms with Gasteiger partial charge in [0.15, 0.2) is 0 Å². The lowest BCUT2D eigenvalue weighted by atomic mass is 9.98. The highest BCUT2D eigenvalue weighted by molar-refractivity contribution is 5.86. The Morgan fingerprint density at radius 1 is 1.06 bits per heavy atom. The third kappa shape index (κ3) is 3.92. The fourth-order valence-corrected chi connectivity index (χ4v) is 5.70. The second-order valence-electron chi connectivity index (χ2n) is 9.49. The fraction of sp³-hybridized carbons (Fsp3) is 0.423. The van der Waals surface area contributed by atoms with E-state index in [2.05, 4.69) is 22.8 Å². The maximum absolute atomic E-state index is 12.8. The van der Waals surface area contributed by atoms with Crippen LogP contribution in [0.15, 0.2) is 48.5 Å². The van der Waals surface area contributed by atoms with E-state index in [1.165, 1.54) is 7.11 Å². The number of carboxylic acids is 1. The average Bonchev–Trinajstić information content (AvgIpc) is 3.26. The summed E-state index contributed by atoms with van der Waals surface area (Å²) in [6.07, 6.45) is 1.04. The summed E-state index contributed by atoms with van der Waals surface area (Å²) >= 11 is 0. The summed E-state index contributed by atoms with van der Waals surface area (Å²) < 4.78 is 10.7. The Bertz CT molecular complexity index is 1090. The van der Waals surface area contributed by atoms with Crippen LogP contribution < -0.4 is 10.6 Å². The van der Waals surface area contributed by atoms with E-state index >= 15 is 0 Å². The Kier molecular flexibility index (Phi) is 5.77. The van der Waals surface area contributed by atoms with Crippen LogP contribution in [-0.2, 0) is 19.1 Å². The number of aliphatic carboxylic acids is 1. The highest BCUT2D eigenvalue weighted by Crippen LogP contribution is 2.63. The summed E-state index contributed by atoms with van der Waals surface area (Å²) in [5.74, 6) is -1.15. The van der Waals surface area contributed by atoms with E-state index in [-0.39, 0.29) is 31.1 Å². The largest absolute Gasteiger partial charge is 0.481 e. The van der Waals surface area contributed by atoms with E-state index < -0.39 is 29.4 Å². The van der Waals surface area contributed by atoms with Gasteiger partial charge in [-0.3, -0.25) is 9.59 Å². The monoisotopic (exact) mass is 464 g/mol. The maximum atomic E-state index is 12.8. The number of hydrogen-bond donors (Lipinski definition) is 3. The lowest BCUT2D eigenvalue weighted by Crippen LogP contribution is -2.51. The van der Waals surface area contributed by atoms with Gasteiger partial charge in [-0.2, -0.15) is 0 Å². The molecule has 34 heavy (non-hydrogen) atoms. The standard InChI is InChI=1S/C26H28N2O6/c1-33-14-22(23(29)27-16-10-15-11-26(15,12-16)24(30)31)28-25(32)34-13-21-19-8-4-2-6-17(19)18-7-3-5-9-20(18)21/h2-9,15-16,21-22H,10-14H2,1H3,(H,27,29)(H,28,32)(H,30,31). The molecule has 5 rings (SSSR count). The number of carbonyl (C=O) groups is 3. The van der Waals surface area contributed by atoms with Crippen LogP contribution in [0.5, 0.6) is 0 Å². The summed E-state index contributed by atoms with van der Waals surface area (Å²) in [6.45, 7) is 0.128. The van der Waals surface area contributed by atoms with Gasteiger partial charge in [-0.25, -0.2) is 4.79 Å².